The van der Waals surface area contributed by atoms with Crippen LogP contribution in [-0.2, 0) is 16.4 Å². The first-order valence-electron chi connectivity index (χ1n) is 5.60. The van der Waals surface area contributed by atoms with E-state index in [1.54, 1.807) is 0 Å². The standard InChI is InChI=1S/C13H12O6S/c1-20(16,17)11-4-2-10(3-5-11)19-8-9-6-7-18-12(9)13(14)15/h2-7H,8H2,1H3,(H,14,15). The fourth-order valence-electron chi connectivity index (χ4n) is 1.58. The summed E-state index contributed by atoms with van der Waals surface area (Å²) in [6.45, 7) is 0.0242. The number of carbonyl (C=O) groups is 1. The molecule has 2 aromatic rings. The molecule has 1 heterocycles. The number of furan rings is 1. The molecule has 0 atom stereocenters. The van der Waals surface area contributed by atoms with Crippen LogP contribution in [0.3, 0.4) is 0 Å². The Morgan fingerprint density at radius 2 is 1.90 bits per heavy atom. The zero-order valence-electron chi connectivity index (χ0n) is 10.6. The van der Waals surface area contributed by atoms with E-state index < -0.39 is 15.8 Å². The van der Waals surface area contributed by atoms with Gasteiger partial charge in [-0.15, -0.1) is 0 Å². The van der Waals surface area contributed by atoms with Crippen molar-refractivity contribution >= 4 is 15.8 Å². The summed E-state index contributed by atoms with van der Waals surface area (Å²) in [5.74, 6) is -0.895. The summed E-state index contributed by atoms with van der Waals surface area (Å²) >= 11 is 0. The van der Waals surface area contributed by atoms with Crippen LogP contribution in [0, 0.1) is 0 Å². The molecule has 0 aliphatic rings. The van der Waals surface area contributed by atoms with E-state index in [0.29, 0.717) is 11.3 Å². The lowest BCUT2D eigenvalue weighted by Crippen LogP contribution is -2.03. The Labute approximate surface area is 115 Å². The third kappa shape index (κ3) is 3.18. The highest BCUT2D eigenvalue weighted by molar-refractivity contribution is 7.90. The summed E-state index contributed by atoms with van der Waals surface area (Å²) in [6.07, 6.45) is 2.39. The highest BCUT2D eigenvalue weighted by Crippen LogP contribution is 2.18. The van der Waals surface area contributed by atoms with Crippen molar-refractivity contribution < 1.29 is 27.5 Å². The molecule has 2 rings (SSSR count). The number of carboxylic acids is 1. The summed E-state index contributed by atoms with van der Waals surface area (Å²) in [6, 6.07) is 7.39. The van der Waals surface area contributed by atoms with Crippen molar-refractivity contribution in [3.05, 3.63) is 47.9 Å². The van der Waals surface area contributed by atoms with Gasteiger partial charge in [0.25, 0.3) is 0 Å². The molecule has 7 heteroatoms. The molecule has 0 bridgehead atoms. The van der Waals surface area contributed by atoms with Crippen molar-refractivity contribution in [2.24, 2.45) is 0 Å². The van der Waals surface area contributed by atoms with Gasteiger partial charge in [0.15, 0.2) is 9.84 Å². The molecule has 6 nitrogen and oxygen atoms in total. The van der Waals surface area contributed by atoms with Gasteiger partial charge in [-0.2, -0.15) is 0 Å². The average Bonchev–Trinajstić information content (AvgIpc) is 2.84. The zero-order valence-corrected chi connectivity index (χ0v) is 11.4. The lowest BCUT2D eigenvalue weighted by atomic mass is 10.2. The second-order valence-electron chi connectivity index (χ2n) is 4.11. The van der Waals surface area contributed by atoms with Crippen molar-refractivity contribution in [2.75, 3.05) is 6.26 Å². The van der Waals surface area contributed by atoms with E-state index in [4.69, 9.17) is 14.3 Å². The van der Waals surface area contributed by atoms with E-state index in [0.717, 1.165) is 6.26 Å². The minimum atomic E-state index is -3.24. The summed E-state index contributed by atoms with van der Waals surface area (Å²) in [5, 5.41) is 8.86. The largest absolute Gasteiger partial charge is 0.489 e. The van der Waals surface area contributed by atoms with Gasteiger partial charge in [0.2, 0.25) is 5.76 Å². The van der Waals surface area contributed by atoms with E-state index in [1.165, 1.54) is 36.6 Å². The van der Waals surface area contributed by atoms with E-state index >= 15 is 0 Å². The maximum absolute atomic E-state index is 11.3. The Bertz CT molecular complexity index is 712. The van der Waals surface area contributed by atoms with Crippen LogP contribution in [0.25, 0.3) is 0 Å². The summed E-state index contributed by atoms with van der Waals surface area (Å²) in [5.41, 5.74) is 0.407. The van der Waals surface area contributed by atoms with Crippen LogP contribution in [0.2, 0.25) is 0 Å². The fourth-order valence-corrected chi connectivity index (χ4v) is 2.21. The minimum Gasteiger partial charge on any atom is -0.489 e. The van der Waals surface area contributed by atoms with Crippen molar-refractivity contribution in [1.29, 1.82) is 0 Å². The number of hydrogen-bond acceptors (Lipinski definition) is 5. The van der Waals surface area contributed by atoms with Crippen LogP contribution >= 0.6 is 0 Å². The highest BCUT2D eigenvalue weighted by atomic mass is 32.2. The van der Waals surface area contributed by atoms with Gasteiger partial charge in [-0.25, -0.2) is 13.2 Å². The van der Waals surface area contributed by atoms with Crippen LogP contribution < -0.4 is 4.74 Å². The molecule has 0 amide bonds. The number of aromatic carboxylic acids is 1. The summed E-state index contributed by atoms with van der Waals surface area (Å²) in [4.78, 5) is 11.0. The van der Waals surface area contributed by atoms with Gasteiger partial charge in [-0.3, -0.25) is 0 Å². The van der Waals surface area contributed by atoms with Gasteiger partial charge in [-0.05, 0) is 30.3 Å². The monoisotopic (exact) mass is 296 g/mol. The summed E-state index contributed by atoms with van der Waals surface area (Å²) in [7, 11) is -3.24. The number of benzene rings is 1. The molecular weight excluding hydrogens is 284 g/mol. The number of hydrogen-bond donors (Lipinski definition) is 1. The van der Waals surface area contributed by atoms with Gasteiger partial charge >= 0.3 is 5.97 Å². The van der Waals surface area contributed by atoms with Crippen LogP contribution in [0.15, 0.2) is 45.9 Å². The topological polar surface area (TPSA) is 93.8 Å². The van der Waals surface area contributed by atoms with Crippen LogP contribution in [-0.4, -0.2) is 25.7 Å². The molecule has 0 aliphatic heterocycles. The molecule has 0 aliphatic carbocycles. The molecule has 106 valence electrons. The first-order chi connectivity index (χ1) is 9.38. The molecule has 0 unspecified atom stereocenters. The molecule has 1 aromatic heterocycles. The number of sulfone groups is 1. The van der Waals surface area contributed by atoms with Crippen molar-refractivity contribution in [1.82, 2.24) is 0 Å². The van der Waals surface area contributed by atoms with Crippen molar-refractivity contribution in [3.8, 4) is 5.75 Å². The van der Waals surface area contributed by atoms with E-state index in [1.807, 2.05) is 0 Å². The van der Waals surface area contributed by atoms with Gasteiger partial charge in [0, 0.05) is 11.8 Å². The molecular formula is C13H12O6S. The van der Waals surface area contributed by atoms with Crippen LogP contribution in [0.1, 0.15) is 16.1 Å². The second-order valence-corrected chi connectivity index (χ2v) is 6.13. The normalized spacial score (nSPS) is 11.2. The van der Waals surface area contributed by atoms with E-state index in [2.05, 4.69) is 0 Å². The number of rotatable bonds is 5. The average molecular weight is 296 g/mol. The first-order valence-corrected chi connectivity index (χ1v) is 7.49. The van der Waals surface area contributed by atoms with Crippen molar-refractivity contribution in [2.45, 2.75) is 11.5 Å². The molecule has 0 spiro atoms. The molecule has 1 aromatic carbocycles. The van der Waals surface area contributed by atoms with Gasteiger partial charge in [0.1, 0.15) is 12.4 Å². The van der Waals surface area contributed by atoms with E-state index in [-0.39, 0.29) is 17.3 Å². The Kier molecular flexibility index (Phi) is 3.80. The Morgan fingerprint density at radius 3 is 2.45 bits per heavy atom. The van der Waals surface area contributed by atoms with Crippen LogP contribution in [0.4, 0.5) is 0 Å². The molecule has 1 N–H and O–H groups in total. The van der Waals surface area contributed by atoms with Crippen LogP contribution in [0.5, 0.6) is 5.75 Å². The number of carboxylic acid groups (broad SMARTS) is 1. The third-order valence-electron chi connectivity index (χ3n) is 2.59. The maximum atomic E-state index is 11.3. The van der Waals surface area contributed by atoms with E-state index in [9.17, 15) is 13.2 Å². The predicted octanol–water partition coefficient (Wildman–Crippen LogP) is 1.96. The Balaban J connectivity index is 2.08. The predicted molar refractivity (Wildman–Crippen MR) is 69.6 cm³/mol. The second kappa shape index (κ2) is 5.38. The zero-order chi connectivity index (χ0) is 14.8. The number of ether oxygens (including phenoxy) is 1. The van der Waals surface area contributed by atoms with Gasteiger partial charge in [0.05, 0.1) is 11.2 Å². The molecule has 0 saturated heterocycles. The van der Waals surface area contributed by atoms with Gasteiger partial charge in [-0.1, -0.05) is 0 Å². The van der Waals surface area contributed by atoms with Crippen molar-refractivity contribution in [3.63, 3.8) is 0 Å². The lowest BCUT2D eigenvalue weighted by Gasteiger charge is -2.06. The quantitative estimate of drug-likeness (QED) is 0.906. The Morgan fingerprint density at radius 1 is 1.25 bits per heavy atom. The molecule has 0 radical (unpaired) electrons. The smallest absolute Gasteiger partial charge is 0.372 e. The summed E-state index contributed by atoms with van der Waals surface area (Å²) < 4.78 is 32.8. The fraction of sp³-hybridized carbons (Fsp3) is 0.154. The first kappa shape index (κ1) is 14.1. The molecule has 20 heavy (non-hydrogen) atoms. The molecule has 0 saturated carbocycles. The maximum Gasteiger partial charge on any atom is 0.372 e. The minimum absolute atomic E-state index is 0.0242. The third-order valence-corrected chi connectivity index (χ3v) is 3.72. The highest BCUT2D eigenvalue weighted by Gasteiger charge is 2.14. The molecule has 0 fully saturated rings. The Hall–Kier alpha value is -2.28. The SMILES string of the molecule is CS(=O)(=O)c1ccc(OCc2ccoc2C(=O)O)cc1. The van der Waals surface area contributed by atoms with Gasteiger partial charge < -0.3 is 14.3 Å². The lowest BCUT2D eigenvalue weighted by molar-refractivity contribution is 0.0658.